The molecule has 1 aromatic carbocycles. The fraction of sp³-hybridized carbons (Fsp3) is 0.611. The number of amides is 2. The summed E-state index contributed by atoms with van der Waals surface area (Å²) in [4.78, 5) is 16.4. The predicted octanol–water partition coefficient (Wildman–Crippen LogP) is 2.55. The Morgan fingerprint density at radius 2 is 1.71 bits per heavy atom. The van der Waals surface area contributed by atoms with Crippen LogP contribution in [0.3, 0.4) is 0 Å². The second kappa shape index (κ2) is 7.40. The Morgan fingerprint density at radius 3 is 2.33 bits per heavy atom. The van der Waals surface area contributed by atoms with E-state index in [2.05, 4.69) is 36.2 Å². The van der Waals surface area contributed by atoms with E-state index in [0.29, 0.717) is 19.7 Å². The fourth-order valence-electron chi connectivity index (χ4n) is 3.35. The quantitative estimate of drug-likeness (QED) is 0.904. The first-order valence-corrected chi connectivity index (χ1v) is 8.69. The first-order chi connectivity index (χ1) is 11.5. The number of anilines is 2. The van der Waals surface area contributed by atoms with Gasteiger partial charge in [-0.25, -0.2) is 4.79 Å². The van der Waals surface area contributed by atoms with Crippen LogP contribution in [0.1, 0.15) is 20.8 Å². The molecule has 1 N–H and O–H groups in total. The molecule has 0 spiro atoms. The standard InChI is InChI=1S/C18H27N3O3/c1-13-10-20(8-9-23-13)18(22)19-16-4-6-17(7-5-16)21-11-14(2)24-15(3)12-21/h4-7,13-15H,8-12H2,1-3H3,(H,19,22). The maximum Gasteiger partial charge on any atom is 0.322 e. The van der Waals surface area contributed by atoms with E-state index in [1.54, 1.807) is 4.90 Å². The molecule has 2 heterocycles. The fourth-order valence-corrected chi connectivity index (χ4v) is 3.35. The Bertz CT molecular complexity index is 553. The largest absolute Gasteiger partial charge is 0.375 e. The van der Waals surface area contributed by atoms with Crippen LogP contribution in [0.5, 0.6) is 0 Å². The minimum atomic E-state index is -0.0634. The topological polar surface area (TPSA) is 54.0 Å². The number of nitrogens with one attached hydrogen (secondary N) is 1. The third-order valence-corrected chi connectivity index (χ3v) is 4.43. The van der Waals surface area contributed by atoms with Gasteiger partial charge in [-0.2, -0.15) is 0 Å². The molecule has 0 radical (unpaired) electrons. The lowest BCUT2D eigenvalue weighted by Crippen LogP contribution is -2.46. The van der Waals surface area contributed by atoms with Gasteiger partial charge < -0.3 is 24.6 Å². The van der Waals surface area contributed by atoms with Gasteiger partial charge in [0.25, 0.3) is 0 Å². The van der Waals surface area contributed by atoms with Gasteiger partial charge in [-0.1, -0.05) is 0 Å². The van der Waals surface area contributed by atoms with E-state index >= 15 is 0 Å². The number of rotatable bonds is 2. The van der Waals surface area contributed by atoms with Crippen molar-refractivity contribution in [2.75, 3.05) is 43.0 Å². The summed E-state index contributed by atoms with van der Waals surface area (Å²) in [6, 6.07) is 7.97. The summed E-state index contributed by atoms with van der Waals surface area (Å²) in [5, 5.41) is 2.97. The van der Waals surface area contributed by atoms with Gasteiger partial charge in [-0.3, -0.25) is 0 Å². The van der Waals surface area contributed by atoms with E-state index in [4.69, 9.17) is 9.47 Å². The van der Waals surface area contributed by atoms with Gasteiger partial charge in [0.15, 0.2) is 0 Å². The number of benzene rings is 1. The van der Waals surface area contributed by atoms with Gasteiger partial charge in [0.1, 0.15) is 0 Å². The molecule has 2 fully saturated rings. The van der Waals surface area contributed by atoms with Crippen LogP contribution < -0.4 is 10.2 Å². The molecule has 2 aliphatic heterocycles. The van der Waals surface area contributed by atoms with Gasteiger partial charge >= 0.3 is 6.03 Å². The molecule has 0 saturated carbocycles. The molecule has 2 amide bonds. The van der Waals surface area contributed by atoms with Crippen LogP contribution in [-0.4, -0.2) is 62.0 Å². The number of nitrogens with zero attached hydrogens (tertiary/aromatic N) is 2. The number of hydrogen-bond donors (Lipinski definition) is 1. The summed E-state index contributed by atoms with van der Waals surface area (Å²) in [7, 11) is 0. The van der Waals surface area contributed by atoms with Crippen molar-refractivity contribution in [3.8, 4) is 0 Å². The molecule has 132 valence electrons. The van der Waals surface area contributed by atoms with E-state index in [9.17, 15) is 4.79 Å². The number of ether oxygens (including phenoxy) is 2. The lowest BCUT2D eigenvalue weighted by Gasteiger charge is -2.37. The van der Waals surface area contributed by atoms with Crippen LogP contribution >= 0.6 is 0 Å². The van der Waals surface area contributed by atoms with Gasteiger partial charge in [0.2, 0.25) is 0 Å². The molecule has 3 atom stereocenters. The summed E-state index contributed by atoms with van der Waals surface area (Å²) in [6.45, 7) is 9.83. The van der Waals surface area contributed by atoms with Gasteiger partial charge in [-0.15, -0.1) is 0 Å². The van der Waals surface area contributed by atoms with Crippen molar-refractivity contribution in [2.24, 2.45) is 0 Å². The zero-order valence-corrected chi connectivity index (χ0v) is 14.7. The second-order valence-electron chi connectivity index (χ2n) is 6.77. The number of carbonyl (C=O) groups excluding carboxylic acids is 1. The van der Waals surface area contributed by atoms with Crippen molar-refractivity contribution >= 4 is 17.4 Å². The molecule has 0 aromatic heterocycles. The van der Waals surface area contributed by atoms with Crippen LogP contribution in [0, 0.1) is 0 Å². The smallest absolute Gasteiger partial charge is 0.322 e. The van der Waals surface area contributed by atoms with Gasteiger partial charge in [0.05, 0.1) is 24.9 Å². The highest BCUT2D eigenvalue weighted by Gasteiger charge is 2.23. The second-order valence-corrected chi connectivity index (χ2v) is 6.77. The molecule has 0 bridgehead atoms. The number of morpholine rings is 2. The van der Waals surface area contributed by atoms with Crippen LogP contribution in [0.4, 0.5) is 16.2 Å². The monoisotopic (exact) mass is 333 g/mol. The Kier molecular flexibility index (Phi) is 5.26. The van der Waals surface area contributed by atoms with Crippen molar-refractivity contribution in [3.63, 3.8) is 0 Å². The number of urea groups is 1. The number of carbonyl (C=O) groups is 1. The minimum Gasteiger partial charge on any atom is -0.375 e. The van der Waals surface area contributed by atoms with Crippen molar-refractivity contribution in [2.45, 2.75) is 39.1 Å². The van der Waals surface area contributed by atoms with E-state index < -0.39 is 0 Å². The van der Waals surface area contributed by atoms with E-state index in [1.165, 1.54) is 0 Å². The summed E-state index contributed by atoms with van der Waals surface area (Å²) >= 11 is 0. The molecule has 1 aromatic rings. The first kappa shape index (κ1) is 17.0. The molecule has 6 heteroatoms. The lowest BCUT2D eigenvalue weighted by molar-refractivity contribution is -0.00522. The van der Waals surface area contributed by atoms with Crippen LogP contribution in [0.15, 0.2) is 24.3 Å². The van der Waals surface area contributed by atoms with Gasteiger partial charge in [0, 0.05) is 37.6 Å². The lowest BCUT2D eigenvalue weighted by atomic mass is 10.2. The molecule has 3 rings (SSSR count). The Balaban J connectivity index is 1.59. The van der Waals surface area contributed by atoms with Crippen LogP contribution in [-0.2, 0) is 9.47 Å². The summed E-state index contributed by atoms with van der Waals surface area (Å²) in [6.07, 6.45) is 0.560. The zero-order chi connectivity index (χ0) is 17.1. The highest BCUT2D eigenvalue weighted by molar-refractivity contribution is 5.89. The van der Waals surface area contributed by atoms with Crippen molar-refractivity contribution in [1.82, 2.24) is 4.90 Å². The Labute approximate surface area is 143 Å². The zero-order valence-electron chi connectivity index (χ0n) is 14.7. The summed E-state index contributed by atoms with van der Waals surface area (Å²) < 4.78 is 11.2. The average molecular weight is 333 g/mol. The van der Waals surface area contributed by atoms with E-state index in [-0.39, 0.29) is 24.3 Å². The maximum absolute atomic E-state index is 12.3. The molecule has 24 heavy (non-hydrogen) atoms. The molecule has 2 aliphatic rings. The molecule has 3 unspecified atom stereocenters. The Hall–Kier alpha value is -1.79. The first-order valence-electron chi connectivity index (χ1n) is 8.69. The highest BCUT2D eigenvalue weighted by atomic mass is 16.5. The third-order valence-electron chi connectivity index (χ3n) is 4.43. The maximum atomic E-state index is 12.3. The molecular formula is C18H27N3O3. The predicted molar refractivity (Wildman–Crippen MR) is 94.7 cm³/mol. The average Bonchev–Trinajstić information content (AvgIpc) is 2.54. The molecule has 0 aliphatic carbocycles. The normalized spacial score (nSPS) is 27.9. The van der Waals surface area contributed by atoms with Gasteiger partial charge in [-0.05, 0) is 45.0 Å². The van der Waals surface area contributed by atoms with Crippen LogP contribution in [0.2, 0.25) is 0 Å². The summed E-state index contributed by atoms with van der Waals surface area (Å²) in [5.41, 5.74) is 1.98. The molecule has 2 saturated heterocycles. The number of hydrogen-bond acceptors (Lipinski definition) is 4. The molecule has 6 nitrogen and oxygen atoms in total. The van der Waals surface area contributed by atoms with Crippen molar-refractivity contribution in [3.05, 3.63) is 24.3 Å². The Morgan fingerprint density at radius 1 is 1.04 bits per heavy atom. The highest BCUT2D eigenvalue weighted by Crippen LogP contribution is 2.22. The third kappa shape index (κ3) is 4.19. The SMILES string of the molecule is CC1CN(C(=O)Nc2ccc(N3CC(C)OC(C)C3)cc2)CCO1. The minimum absolute atomic E-state index is 0.0634. The van der Waals surface area contributed by atoms with Crippen molar-refractivity contribution in [1.29, 1.82) is 0 Å². The van der Waals surface area contributed by atoms with Crippen LogP contribution in [0.25, 0.3) is 0 Å². The molecular weight excluding hydrogens is 306 g/mol. The van der Waals surface area contributed by atoms with E-state index in [1.807, 2.05) is 19.1 Å². The van der Waals surface area contributed by atoms with Crippen molar-refractivity contribution < 1.29 is 14.3 Å². The summed E-state index contributed by atoms with van der Waals surface area (Å²) in [5.74, 6) is 0. The van der Waals surface area contributed by atoms with E-state index in [0.717, 1.165) is 24.5 Å².